The molecular weight excluding hydrogens is 256 g/mol. The van der Waals surface area contributed by atoms with Crippen LogP contribution in [0.15, 0.2) is 24.3 Å². The number of hydrogen-bond acceptors (Lipinski definition) is 2. The first-order valence-electron chi connectivity index (χ1n) is 8.75. The van der Waals surface area contributed by atoms with E-state index in [1.54, 1.807) is 0 Å². The maximum Gasteiger partial charge on any atom is 0.0438 e. The zero-order chi connectivity index (χ0) is 14.9. The van der Waals surface area contributed by atoms with E-state index in [4.69, 9.17) is 0 Å². The Labute approximate surface area is 129 Å². The Morgan fingerprint density at radius 2 is 1.95 bits per heavy atom. The fourth-order valence-electron chi connectivity index (χ4n) is 4.27. The number of nitrogens with zero attached hydrogens (tertiary/aromatic N) is 1. The Morgan fingerprint density at radius 3 is 2.62 bits per heavy atom. The van der Waals surface area contributed by atoms with Crippen LogP contribution in [0.4, 0.5) is 5.69 Å². The molecule has 2 nitrogen and oxygen atoms in total. The highest BCUT2D eigenvalue weighted by Gasteiger charge is 2.42. The largest absolute Gasteiger partial charge is 0.365 e. The lowest BCUT2D eigenvalue weighted by molar-refractivity contribution is 0.245. The van der Waals surface area contributed by atoms with Crippen LogP contribution in [0.1, 0.15) is 52.0 Å². The number of piperazine rings is 1. The SMILES string of the molecule is CCc1ccccc1N1CC2(CCCC2)NCC1C(C)C. The van der Waals surface area contributed by atoms with Crippen molar-refractivity contribution in [1.29, 1.82) is 0 Å². The fourth-order valence-corrected chi connectivity index (χ4v) is 4.27. The number of anilines is 1. The zero-order valence-electron chi connectivity index (χ0n) is 13.9. The summed E-state index contributed by atoms with van der Waals surface area (Å²) >= 11 is 0. The third kappa shape index (κ3) is 2.83. The van der Waals surface area contributed by atoms with Crippen molar-refractivity contribution in [2.75, 3.05) is 18.0 Å². The number of rotatable bonds is 3. The summed E-state index contributed by atoms with van der Waals surface area (Å²) in [6.45, 7) is 9.32. The fraction of sp³-hybridized carbons (Fsp3) is 0.684. The van der Waals surface area contributed by atoms with Gasteiger partial charge in [-0.3, -0.25) is 0 Å². The molecule has 1 unspecified atom stereocenters. The van der Waals surface area contributed by atoms with Gasteiger partial charge in [-0.05, 0) is 36.8 Å². The molecule has 2 fully saturated rings. The molecule has 0 aromatic heterocycles. The van der Waals surface area contributed by atoms with Crippen molar-refractivity contribution in [3.63, 3.8) is 0 Å². The van der Waals surface area contributed by atoms with Crippen LogP contribution in [-0.2, 0) is 6.42 Å². The predicted molar refractivity (Wildman–Crippen MR) is 91.0 cm³/mol. The maximum absolute atomic E-state index is 3.92. The Bertz CT molecular complexity index is 474. The lowest BCUT2D eigenvalue weighted by atomic mass is 9.88. The van der Waals surface area contributed by atoms with E-state index in [1.165, 1.54) is 43.5 Å². The van der Waals surface area contributed by atoms with E-state index in [0.29, 0.717) is 17.5 Å². The molecule has 1 aromatic carbocycles. The summed E-state index contributed by atoms with van der Waals surface area (Å²) in [4.78, 5) is 2.73. The van der Waals surface area contributed by atoms with Gasteiger partial charge in [-0.2, -0.15) is 0 Å². The second kappa shape index (κ2) is 6.00. The zero-order valence-corrected chi connectivity index (χ0v) is 13.9. The Balaban J connectivity index is 1.93. The van der Waals surface area contributed by atoms with Crippen LogP contribution < -0.4 is 10.2 Å². The molecule has 21 heavy (non-hydrogen) atoms. The van der Waals surface area contributed by atoms with Gasteiger partial charge in [-0.25, -0.2) is 0 Å². The molecule has 1 aromatic rings. The van der Waals surface area contributed by atoms with Crippen molar-refractivity contribution in [2.24, 2.45) is 5.92 Å². The van der Waals surface area contributed by atoms with E-state index >= 15 is 0 Å². The smallest absolute Gasteiger partial charge is 0.0438 e. The van der Waals surface area contributed by atoms with E-state index < -0.39 is 0 Å². The normalized spacial score (nSPS) is 25.0. The van der Waals surface area contributed by atoms with Crippen molar-refractivity contribution < 1.29 is 0 Å². The summed E-state index contributed by atoms with van der Waals surface area (Å²) in [7, 11) is 0. The van der Waals surface area contributed by atoms with Crippen LogP contribution in [0, 0.1) is 5.92 Å². The number of hydrogen-bond donors (Lipinski definition) is 1. The molecule has 1 aliphatic carbocycles. The maximum atomic E-state index is 3.92. The highest BCUT2D eigenvalue weighted by molar-refractivity contribution is 5.55. The van der Waals surface area contributed by atoms with E-state index in [1.807, 2.05) is 0 Å². The third-order valence-corrected chi connectivity index (χ3v) is 5.57. The van der Waals surface area contributed by atoms with Gasteiger partial charge in [0.2, 0.25) is 0 Å². The summed E-state index contributed by atoms with van der Waals surface area (Å²) in [6.07, 6.45) is 6.61. The molecule has 1 aliphatic heterocycles. The van der Waals surface area contributed by atoms with Gasteiger partial charge in [0.1, 0.15) is 0 Å². The Morgan fingerprint density at radius 1 is 1.24 bits per heavy atom. The average Bonchev–Trinajstić information content (AvgIpc) is 2.94. The van der Waals surface area contributed by atoms with E-state index in [9.17, 15) is 0 Å². The first-order chi connectivity index (χ1) is 10.2. The molecule has 0 bridgehead atoms. The second-order valence-corrected chi connectivity index (χ2v) is 7.29. The van der Waals surface area contributed by atoms with Gasteiger partial charge in [0.25, 0.3) is 0 Å². The minimum atomic E-state index is 0.381. The number of aryl methyl sites for hydroxylation is 1. The van der Waals surface area contributed by atoms with Crippen molar-refractivity contribution in [3.8, 4) is 0 Å². The van der Waals surface area contributed by atoms with E-state index in [0.717, 1.165) is 13.0 Å². The number of nitrogens with one attached hydrogen (secondary N) is 1. The molecule has 116 valence electrons. The summed E-state index contributed by atoms with van der Waals surface area (Å²) in [5.74, 6) is 0.682. The van der Waals surface area contributed by atoms with Crippen LogP contribution in [0.25, 0.3) is 0 Å². The first kappa shape index (κ1) is 14.9. The average molecular weight is 286 g/mol. The van der Waals surface area contributed by atoms with Crippen LogP contribution >= 0.6 is 0 Å². The minimum Gasteiger partial charge on any atom is -0.365 e. The van der Waals surface area contributed by atoms with Crippen molar-refractivity contribution in [2.45, 2.75) is 64.5 Å². The highest BCUT2D eigenvalue weighted by Crippen LogP contribution is 2.37. The molecule has 2 aliphatic rings. The highest BCUT2D eigenvalue weighted by atomic mass is 15.3. The molecule has 1 atom stereocenters. The lowest BCUT2D eigenvalue weighted by Gasteiger charge is -2.49. The standard InChI is InChI=1S/C19H30N2/c1-4-16-9-5-6-10-17(16)21-14-19(11-7-8-12-19)20-13-18(21)15(2)3/h5-6,9-10,15,18,20H,4,7-8,11-14H2,1-3H3. The summed E-state index contributed by atoms with van der Waals surface area (Å²) < 4.78 is 0. The lowest BCUT2D eigenvalue weighted by Crippen LogP contribution is -2.64. The van der Waals surface area contributed by atoms with Gasteiger partial charge in [-0.15, -0.1) is 0 Å². The molecule has 1 saturated carbocycles. The van der Waals surface area contributed by atoms with Crippen LogP contribution in [-0.4, -0.2) is 24.7 Å². The molecule has 1 saturated heterocycles. The van der Waals surface area contributed by atoms with Gasteiger partial charge in [0, 0.05) is 30.4 Å². The molecule has 1 N–H and O–H groups in total. The van der Waals surface area contributed by atoms with Gasteiger partial charge in [0.05, 0.1) is 0 Å². The second-order valence-electron chi connectivity index (χ2n) is 7.29. The van der Waals surface area contributed by atoms with Crippen molar-refractivity contribution in [3.05, 3.63) is 29.8 Å². The van der Waals surface area contributed by atoms with Gasteiger partial charge < -0.3 is 10.2 Å². The predicted octanol–water partition coefficient (Wildman–Crippen LogP) is 4.00. The third-order valence-electron chi connectivity index (χ3n) is 5.57. The van der Waals surface area contributed by atoms with Crippen molar-refractivity contribution >= 4 is 5.69 Å². The van der Waals surface area contributed by atoms with Gasteiger partial charge >= 0.3 is 0 Å². The van der Waals surface area contributed by atoms with Crippen molar-refractivity contribution in [1.82, 2.24) is 5.32 Å². The number of benzene rings is 1. The number of para-hydroxylation sites is 1. The summed E-state index contributed by atoms with van der Waals surface area (Å²) in [6, 6.07) is 9.64. The van der Waals surface area contributed by atoms with E-state index in [2.05, 4.69) is 55.3 Å². The Kier molecular flexibility index (Phi) is 4.26. The van der Waals surface area contributed by atoms with Crippen LogP contribution in [0.5, 0.6) is 0 Å². The summed E-state index contributed by atoms with van der Waals surface area (Å²) in [5, 5.41) is 3.92. The minimum absolute atomic E-state index is 0.381. The topological polar surface area (TPSA) is 15.3 Å². The molecule has 1 spiro atoms. The molecule has 0 amide bonds. The van der Waals surface area contributed by atoms with Crippen LogP contribution in [0.2, 0.25) is 0 Å². The molecule has 0 radical (unpaired) electrons. The molecule has 3 rings (SSSR count). The first-order valence-corrected chi connectivity index (χ1v) is 8.75. The van der Waals surface area contributed by atoms with Crippen LogP contribution in [0.3, 0.4) is 0 Å². The Hall–Kier alpha value is -1.02. The van der Waals surface area contributed by atoms with Gasteiger partial charge in [-0.1, -0.05) is 51.8 Å². The monoisotopic (exact) mass is 286 g/mol. The molecular formula is C19H30N2. The van der Waals surface area contributed by atoms with Gasteiger partial charge in [0.15, 0.2) is 0 Å². The quantitative estimate of drug-likeness (QED) is 0.903. The summed E-state index contributed by atoms with van der Waals surface area (Å²) in [5.41, 5.74) is 3.36. The molecule has 1 heterocycles. The molecule has 2 heteroatoms. The van der Waals surface area contributed by atoms with E-state index in [-0.39, 0.29) is 0 Å².